The summed E-state index contributed by atoms with van der Waals surface area (Å²) in [5, 5.41) is 27.2. The molecule has 0 spiro atoms. The molecule has 13 heavy (non-hydrogen) atoms. The van der Waals surface area contributed by atoms with Crippen LogP contribution in [0.3, 0.4) is 0 Å². The van der Waals surface area contributed by atoms with E-state index in [2.05, 4.69) is 0 Å². The molecule has 1 aromatic rings. The van der Waals surface area contributed by atoms with Crippen molar-refractivity contribution in [3.8, 4) is 17.2 Å². The summed E-state index contributed by atoms with van der Waals surface area (Å²) in [6.45, 7) is 0. The van der Waals surface area contributed by atoms with E-state index in [0.717, 1.165) is 0 Å². The maximum Gasteiger partial charge on any atom is 0.200 e. The van der Waals surface area contributed by atoms with Gasteiger partial charge in [0.2, 0.25) is 5.75 Å². The zero-order chi connectivity index (χ0) is 9.84. The molecule has 0 saturated heterocycles. The van der Waals surface area contributed by atoms with Crippen molar-refractivity contribution in [2.24, 2.45) is 0 Å². The molecular weight excluding hydrogens is 172 g/mol. The molecule has 0 aliphatic heterocycles. The van der Waals surface area contributed by atoms with Crippen molar-refractivity contribution in [1.29, 1.82) is 0 Å². The maximum atomic E-state index is 9.96. The molecule has 4 heteroatoms. The normalized spacial score (nSPS) is 10.5. The lowest BCUT2D eigenvalue weighted by atomic mass is 10.1. The summed E-state index contributed by atoms with van der Waals surface area (Å²) in [7, 11) is 0. The number of rotatable bonds is 2. The van der Waals surface area contributed by atoms with Crippen molar-refractivity contribution in [3.05, 3.63) is 23.8 Å². The van der Waals surface area contributed by atoms with Crippen molar-refractivity contribution >= 4 is 12.4 Å². The Kier molecular flexibility index (Phi) is 2.54. The number of carbonyl (C=O) groups is 1. The van der Waals surface area contributed by atoms with Crippen LogP contribution in [0.2, 0.25) is 0 Å². The van der Waals surface area contributed by atoms with E-state index in [1.807, 2.05) is 0 Å². The van der Waals surface area contributed by atoms with Crippen LogP contribution in [0.1, 0.15) is 5.56 Å². The molecule has 0 saturated carbocycles. The number of benzene rings is 1. The number of phenolic OH excluding ortho intramolecular Hbond substituents is 3. The van der Waals surface area contributed by atoms with Crippen LogP contribution in [0, 0.1) is 0 Å². The van der Waals surface area contributed by atoms with Gasteiger partial charge in [-0.3, -0.25) is 4.79 Å². The molecule has 0 aromatic heterocycles. The van der Waals surface area contributed by atoms with Crippen LogP contribution in [0.5, 0.6) is 17.2 Å². The number of carbonyl (C=O) groups excluding carboxylic acids is 1. The number of phenols is 3. The van der Waals surface area contributed by atoms with Gasteiger partial charge in [-0.2, -0.15) is 0 Å². The highest BCUT2D eigenvalue weighted by Gasteiger charge is 2.07. The van der Waals surface area contributed by atoms with Gasteiger partial charge in [0.05, 0.1) is 0 Å². The molecule has 0 aliphatic rings. The van der Waals surface area contributed by atoms with E-state index in [9.17, 15) is 9.90 Å². The van der Waals surface area contributed by atoms with Crippen LogP contribution < -0.4 is 0 Å². The molecule has 0 radical (unpaired) electrons. The Balaban J connectivity index is 3.17. The fourth-order valence-corrected chi connectivity index (χ4v) is 0.862. The van der Waals surface area contributed by atoms with Gasteiger partial charge in [0.15, 0.2) is 11.5 Å². The Hall–Kier alpha value is -1.97. The molecule has 0 unspecified atom stereocenters. The third-order valence-electron chi connectivity index (χ3n) is 1.52. The minimum Gasteiger partial charge on any atom is -0.504 e. The second-order valence-corrected chi connectivity index (χ2v) is 2.37. The summed E-state index contributed by atoms with van der Waals surface area (Å²) in [5.41, 5.74) is 0.266. The number of hydrogen-bond donors (Lipinski definition) is 3. The zero-order valence-corrected chi connectivity index (χ0v) is 6.64. The quantitative estimate of drug-likeness (QED) is 0.360. The second kappa shape index (κ2) is 3.62. The molecule has 1 aromatic carbocycles. The highest BCUT2D eigenvalue weighted by molar-refractivity contribution is 5.76. The molecule has 0 atom stereocenters. The third-order valence-corrected chi connectivity index (χ3v) is 1.52. The fourth-order valence-electron chi connectivity index (χ4n) is 0.862. The number of allylic oxidation sites excluding steroid dienone is 1. The molecule has 0 aliphatic carbocycles. The monoisotopic (exact) mass is 180 g/mol. The van der Waals surface area contributed by atoms with E-state index in [0.29, 0.717) is 6.29 Å². The van der Waals surface area contributed by atoms with Crippen LogP contribution in [-0.4, -0.2) is 21.6 Å². The molecular formula is C9H8O4. The smallest absolute Gasteiger partial charge is 0.200 e. The highest BCUT2D eigenvalue weighted by Crippen LogP contribution is 2.37. The summed E-state index contributed by atoms with van der Waals surface area (Å²) < 4.78 is 0. The van der Waals surface area contributed by atoms with Gasteiger partial charge < -0.3 is 15.3 Å². The lowest BCUT2D eigenvalue weighted by molar-refractivity contribution is -0.104. The van der Waals surface area contributed by atoms with Crippen LogP contribution in [-0.2, 0) is 4.79 Å². The van der Waals surface area contributed by atoms with E-state index in [1.165, 1.54) is 24.3 Å². The van der Waals surface area contributed by atoms with Crippen molar-refractivity contribution in [2.45, 2.75) is 0 Å². The predicted molar refractivity (Wildman–Crippen MR) is 46.5 cm³/mol. The van der Waals surface area contributed by atoms with E-state index in [1.54, 1.807) is 0 Å². The van der Waals surface area contributed by atoms with Gasteiger partial charge in [0.25, 0.3) is 0 Å². The second-order valence-electron chi connectivity index (χ2n) is 2.37. The van der Waals surface area contributed by atoms with Gasteiger partial charge >= 0.3 is 0 Å². The van der Waals surface area contributed by atoms with Crippen molar-refractivity contribution in [1.82, 2.24) is 0 Å². The summed E-state index contributed by atoms with van der Waals surface area (Å²) in [5.74, 6) is -1.44. The van der Waals surface area contributed by atoms with Crippen molar-refractivity contribution in [2.75, 3.05) is 0 Å². The minimum absolute atomic E-state index is 0.266. The first kappa shape index (κ1) is 9.12. The predicted octanol–water partition coefficient (Wildman–Crippen LogP) is 1.02. The summed E-state index contributed by atoms with van der Waals surface area (Å²) in [4.78, 5) is 9.96. The zero-order valence-electron chi connectivity index (χ0n) is 6.64. The summed E-state index contributed by atoms with van der Waals surface area (Å²) in [6.07, 6.45) is 3.04. The molecule has 3 N–H and O–H groups in total. The first-order valence-electron chi connectivity index (χ1n) is 3.52. The highest BCUT2D eigenvalue weighted by atomic mass is 16.3. The average molecular weight is 180 g/mol. The maximum absolute atomic E-state index is 9.96. The van der Waals surface area contributed by atoms with Crippen LogP contribution in [0.4, 0.5) is 0 Å². The molecule has 0 heterocycles. The molecule has 4 nitrogen and oxygen atoms in total. The Labute approximate surface area is 74.4 Å². The SMILES string of the molecule is O=CC=Cc1ccc(O)c(O)c1O. The first-order chi connectivity index (χ1) is 6.16. The minimum atomic E-state index is -0.590. The lowest BCUT2D eigenvalue weighted by Gasteiger charge is -2.02. The third kappa shape index (κ3) is 1.79. The Bertz CT molecular complexity index is 355. The standard InChI is InChI=1S/C9H8O4/c10-5-1-2-6-3-4-7(11)9(13)8(6)12/h1-5,11-13H. The molecule has 0 bridgehead atoms. The Morgan fingerprint density at radius 1 is 1.08 bits per heavy atom. The van der Waals surface area contributed by atoms with Gasteiger partial charge in [-0.25, -0.2) is 0 Å². The van der Waals surface area contributed by atoms with Gasteiger partial charge in [0.1, 0.15) is 6.29 Å². The average Bonchev–Trinajstić information content (AvgIpc) is 2.13. The van der Waals surface area contributed by atoms with Gasteiger partial charge in [-0.1, -0.05) is 0 Å². The molecule has 0 fully saturated rings. The van der Waals surface area contributed by atoms with E-state index in [4.69, 9.17) is 10.2 Å². The van der Waals surface area contributed by atoms with E-state index >= 15 is 0 Å². The van der Waals surface area contributed by atoms with Gasteiger partial charge in [0, 0.05) is 5.56 Å². The summed E-state index contributed by atoms with van der Waals surface area (Å²) >= 11 is 0. The lowest BCUT2D eigenvalue weighted by Crippen LogP contribution is -1.77. The largest absolute Gasteiger partial charge is 0.504 e. The number of hydrogen-bond acceptors (Lipinski definition) is 4. The number of aldehydes is 1. The van der Waals surface area contributed by atoms with Crippen molar-refractivity contribution in [3.63, 3.8) is 0 Å². The van der Waals surface area contributed by atoms with E-state index in [-0.39, 0.29) is 5.56 Å². The van der Waals surface area contributed by atoms with Gasteiger partial charge in [-0.15, -0.1) is 0 Å². The topological polar surface area (TPSA) is 77.8 Å². The molecule has 1 rings (SSSR count). The summed E-state index contributed by atoms with van der Waals surface area (Å²) in [6, 6.07) is 2.60. The van der Waals surface area contributed by atoms with Crippen LogP contribution >= 0.6 is 0 Å². The van der Waals surface area contributed by atoms with Crippen molar-refractivity contribution < 1.29 is 20.1 Å². The first-order valence-corrected chi connectivity index (χ1v) is 3.52. The molecule has 0 amide bonds. The Morgan fingerprint density at radius 2 is 1.77 bits per heavy atom. The Morgan fingerprint density at radius 3 is 2.38 bits per heavy atom. The van der Waals surface area contributed by atoms with Gasteiger partial charge in [-0.05, 0) is 24.3 Å². The van der Waals surface area contributed by atoms with E-state index < -0.39 is 17.2 Å². The van der Waals surface area contributed by atoms with Crippen LogP contribution in [0.15, 0.2) is 18.2 Å². The fraction of sp³-hybridized carbons (Fsp3) is 0. The number of aromatic hydroxyl groups is 3. The molecule has 68 valence electrons. The van der Waals surface area contributed by atoms with Crippen LogP contribution in [0.25, 0.3) is 6.08 Å².